The number of furan rings is 1. The van der Waals surface area contributed by atoms with Crippen molar-refractivity contribution in [2.24, 2.45) is 11.8 Å². The summed E-state index contributed by atoms with van der Waals surface area (Å²) in [5, 5.41) is 6.74. The van der Waals surface area contributed by atoms with Crippen LogP contribution >= 0.6 is 11.6 Å². The van der Waals surface area contributed by atoms with Crippen molar-refractivity contribution in [3.8, 4) is 0 Å². The second kappa shape index (κ2) is 10.1. The fraction of sp³-hybridized carbons (Fsp3) is 0.385. The zero-order valence-electron chi connectivity index (χ0n) is 19.3. The van der Waals surface area contributed by atoms with Crippen molar-refractivity contribution < 1.29 is 18.8 Å². The maximum absolute atomic E-state index is 13.2. The monoisotopic (exact) mass is 494 g/mol. The number of anilines is 2. The number of rotatable bonds is 5. The summed E-state index contributed by atoms with van der Waals surface area (Å²) >= 11 is 5.87. The van der Waals surface area contributed by atoms with Crippen LogP contribution in [0.2, 0.25) is 5.02 Å². The molecule has 2 N–H and O–H groups in total. The van der Waals surface area contributed by atoms with Crippen LogP contribution in [0, 0.1) is 11.8 Å². The minimum Gasteiger partial charge on any atom is -0.449 e. The highest BCUT2D eigenvalue weighted by molar-refractivity contribution is 6.30. The fourth-order valence-electron chi connectivity index (χ4n) is 4.98. The van der Waals surface area contributed by atoms with Crippen molar-refractivity contribution in [3.63, 3.8) is 0 Å². The molecule has 1 aliphatic carbocycles. The average Bonchev–Trinajstić information content (AvgIpc) is 3.54. The number of carbonyl (C=O) groups is 3. The molecule has 1 aromatic carbocycles. The second-order valence-corrected chi connectivity index (χ2v) is 9.62. The molecule has 2 fully saturated rings. The molecule has 0 atom stereocenters. The number of benzene rings is 1. The van der Waals surface area contributed by atoms with Gasteiger partial charge in [0.1, 0.15) is 17.1 Å². The topological polar surface area (TPSA) is 105 Å². The van der Waals surface area contributed by atoms with Crippen molar-refractivity contribution >= 4 is 51.8 Å². The van der Waals surface area contributed by atoms with Gasteiger partial charge in [-0.25, -0.2) is 4.98 Å². The number of fused-ring (bicyclic) bond motifs is 1. The minimum absolute atomic E-state index is 0.000111. The third kappa shape index (κ3) is 5.03. The van der Waals surface area contributed by atoms with Crippen LogP contribution in [0.25, 0.3) is 11.0 Å². The number of amides is 3. The number of likely N-dealkylation sites (tertiary alicyclic amines) is 1. The van der Waals surface area contributed by atoms with E-state index in [4.69, 9.17) is 16.0 Å². The molecule has 1 aliphatic heterocycles. The predicted octanol–water partition coefficient (Wildman–Crippen LogP) is 5.10. The summed E-state index contributed by atoms with van der Waals surface area (Å²) in [5.74, 6) is -0.349. The van der Waals surface area contributed by atoms with E-state index >= 15 is 0 Å². The van der Waals surface area contributed by atoms with Gasteiger partial charge < -0.3 is 20.0 Å². The molecule has 0 spiro atoms. The molecule has 9 heteroatoms. The van der Waals surface area contributed by atoms with Crippen molar-refractivity contribution in [1.82, 2.24) is 9.88 Å². The van der Waals surface area contributed by atoms with Crippen LogP contribution in [0.15, 0.2) is 47.0 Å². The SMILES string of the molecule is O=C(Nc1ccc(Cl)cn1)c1oc2ccccc2c1NC(=O)C1CCC(C(=O)N2CCCC2)CC1. The number of hydrogen-bond donors (Lipinski definition) is 2. The predicted molar refractivity (Wildman–Crippen MR) is 133 cm³/mol. The van der Waals surface area contributed by atoms with Gasteiger partial charge in [0.2, 0.25) is 17.6 Å². The van der Waals surface area contributed by atoms with Crippen LogP contribution in [0.4, 0.5) is 11.5 Å². The third-order valence-corrected chi connectivity index (χ3v) is 7.11. The molecule has 3 heterocycles. The number of aromatic nitrogens is 1. The molecule has 2 aliphatic rings. The molecule has 0 unspecified atom stereocenters. The molecule has 182 valence electrons. The first kappa shape index (κ1) is 23.4. The number of pyridine rings is 1. The molecule has 1 saturated heterocycles. The summed E-state index contributed by atoms with van der Waals surface area (Å²) in [5.41, 5.74) is 0.837. The van der Waals surface area contributed by atoms with Crippen molar-refractivity contribution in [3.05, 3.63) is 53.4 Å². The van der Waals surface area contributed by atoms with E-state index in [0.29, 0.717) is 53.2 Å². The molecular weight excluding hydrogens is 468 g/mol. The molecule has 35 heavy (non-hydrogen) atoms. The van der Waals surface area contributed by atoms with E-state index in [1.165, 1.54) is 6.20 Å². The molecule has 3 amide bonds. The van der Waals surface area contributed by atoms with Crippen molar-refractivity contribution in [1.29, 1.82) is 0 Å². The third-order valence-electron chi connectivity index (χ3n) is 6.88. The molecule has 3 aromatic rings. The molecule has 1 saturated carbocycles. The number of nitrogens with zero attached hydrogens (tertiary/aromatic N) is 2. The lowest BCUT2D eigenvalue weighted by Crippen LogP contribution is -2.37. The Morgan fingerprint density at radius 1 is 0.943 bits per heavy atom. The zero-order valence-corrected chi connectivity index (χ0v) is 20.0. The molecule has 5 rings (SSSR count). The highest BCUT2D eigenvalue weighted by Crippen LogP contribution is 2.35. The van der Waals surface area contributed by atoms with Crippen LogP contribution in [0.5, 0.6) is 0 Å². The number of para-hydroxylation sites is 1. The summed E-state index contributed by atoms with van der Waals surface area (Å²) in [4.78, 5) is 45.0. The Labute approximate surface area is 208 Å². The van der Waals surface area contributed by atoms with Gasteiger partial charge in [0.25, 0.3) is 5.91 Å². The van der Waals surface area contributed by atoms with E-state index in [9.17, 15) is 14.4 Å². The standard InChI is InChI=1S/C26H27ClN4O4/c27-18-11-12-21(28-15-18)29-25(33)23-22(19-5-1-2-6-20(19)35-23)30-24(32)16-7-9-17(10-8-16)26(34)31-13-3-4-14-31/h1-2,5-6,11-12,15-17H,3-4,7-10,13-14H2,(H,30,32)(H,28,29,33). The van der Waals surface area contributed by atoms with Gasteiger partial charge in [0.05, 0.1) is 5.02 Å². The van der Waals surface area contributed by atoms with Gasteiger partial charge in [0, 0.05) is 36.5 Å². The average molecular weight is 495 g/mol. The summed E-state index contributed by atoms with van der Waals surface area (Å²) in [6, 6.07) is 10.4. The van der Waals surface area contributed by atoms with Crippen LogP contribution < -0.4 is 10.6 Å². The van der Waals surface area contributed by atoms with Gasteiger partial charge in [-0.15, -0.1) is 0 Å². The largest absolute Gasteiger partial charge is 0.449 e. The number of carbonyl (C=O) groups excluding carboxylic acids is 3. The van der Waals surface area contributed by atoms with Crippen LogP contribution in [-0.4, -0.2) is 40.7 Å². The van der Waals surface area contributed by atoms with E-state index in [-0.39, 0.29) is 29.4 Å². The summed E-state index contributed by atoms with van der Waals surface area (Å²) < 4.78 is 5.82. The van der Waals surface area contributed by atoms with Gasteiger partial charge in [-0.3, -0.25) is 14.4 Å². The lowest BCUT2D eigenvalue weighted by Gasteiger charge is -2.29. The Morgan fingerprint density at radius 2 is 1.66 bits per heavy atom. The Balaban J connectivity index is 1.29. The van der Waals surface area contributed by atoms with Crippen LogP contribution in [-0.2, 0) is 9.59 Å². The Hall–Kier alpha value is -3.39. The lowest BCUT2D eigenvalue weighted by atomic mass is 9.81. The Kier molecular flexibility index (Phi) is 6.72. The minimum atomic E-state index is -0.522. The fourth-order valence-corrected chi connectivity index (χ4v) is 5.09. The molecule has 2 aromatic heterocycles. The van der Waals surface area contributed by atoms with E-state index in [1.54, 1.807) is 30.3 Å². The Bertz CT molecular complexity index is 1240. The van der Waals surface area contributed by atoms with Crippen molar-refractivity contribution in [2.45, 2.75) is 38.5 Å². The molecular formula is C26H27ClN4O4. The normalized spacial score (nSPS) is 20.1. The Morgan fingerprint density at radius 3 is 2.37 bits per heavy atom. The first-order valence-corrected chi connectivity index (χ1v) is 12.4. The highest BCUT2D eigenvalue weighted by atomic mass is 35.5. The van der Waals surface area contributed by atoms with Gasteiger partial charge in [-0.1, -0.05) is 23.7 Å². The van der Waals surface area contributed by atoms with Gasteiger partial charge in [0.15, 0.2) is 0 Å². The highest BCUT2D eigenvalue weighted by Gasteiger charge is 2.34. The zero-order chi connectivity index (χ0) is 24.4. The summed E-state index contributed by atoms with van der Waals surface area (Å²) in [6.07, 6.45) is 6.27. The van der Waals surface area contributed by atoms with Gasteiger partial charge in [-0.05, 0) is 62.8 Å². The number of halogens is 1. The quantitative estimate of drug-likeness (QED) is 0.513. The maximum Gasteiger partial charge on any atom is 0.294 e. The first-order chi connectivity index (χ1) is 17.0. The molecule has 8 nitrogen and oxygen atoms in total. The lowest BCUT2D eigenvalue weighted by molar-refractivity contribution is -0.136. The van der Waals surface area contributed by atoms with Crippen LogP contribution in [0.3, 0.4) is 0 Å². The second-order valence-electron chi connectivity index (χ2n) is 9.19. The van der Waals surface area contributed by atoms with Gasteiger partial charge >= 0.3 is 0 Å². The van der Waals surface area contributed by atoms with Gasteiger partial charge in [-0.2, -0.15) is 0 Å². The van der Waals surface area contributed by atoms with E-state index in [0.717, 1.165) is 25.9 Å². The maximum atomic E-state index is 13.2. The first-order valence-electron chi connectivity index (χ1n) is 12.0. The molecule has 0 radical (unpaired) electrons. The van der Waals surface area contributed by atoms with E-state index in [2.05, 4.69) is 15.6 Å². The summed E-state index contributed by atoms with van der Waals surface area (Å²) in [7, 11) is 0. The van der Waals surface area contributed by atoms with Crippen molar-refractivity contribution in [2.75, 3.05) is 23.7 Å². The summed E-state index contributed by atoms with van der Waals surface area (Å²) in [6.45, 7) is 1.70. The van der Waals surface area contributed by atoms with E-state index in [1.807, 2.05) is 11.0 Å². The van der Waals surface area contributed by atoms with Crippen LogP contribution in [0.1, 0.15) is 49.1 Å². The number of nitrogens with one attached hydrogen (secondary N) is 2. The smallest absolute Gasteiger partial charge is 0.294 e. The van der Waals surface area contributed by atoms with E-state index < -0.39 is 5.91 Å². The molecule has 0 bridgehead atoms. The number of hydrogen-bond acceptors (Lipinski definition) is 5.